The van der Waals surface area contributed by atoms with Gasteiger partial charge in [0.25, 0.3) is 0 Å². The number of carboxylic acid groups (broad SMARTS) is 1. The van der Waals surface area contributed by atoms with E-state index in [0.717, 1.165) is 12.2 Å². The first-order valence-electron chi connectivity index (χ1n) is 6.84. The third kappa shape index (κ3) is 4.41. The van der Waals surface area contributed by atoms with E-state index in [2.05, 4.69) is 0 Å². The smallest absolute Gasteiger partial charge is 0.331 e. The molecule has 7 heteroatoms. The minimum absolute atomic E-state index is 0.0965. The van der Waals surface area contributed by atoms with Crippen LogP contribution in [0.15, 0.2) is 42.0 Å². The Balaban J connectivity index is 2.00. The number of carbonyl (C=O) groups is 2. The fourth-order valence-electron chi connectivity index (χ4n) is 2.17. The molecule has 0 spiro atoms. The average Bonchev–Trinajstić information content (AvgIpc) is 2.50. The van der Waals surface area contributed by atoms with Crippen LogP contribution in [0.3, 0.4) is 0 Å². The van der Waals surface area contributed by atoms with Crippen LogP contribution in [0.1, 0.15) is 12.0 Å². The summed E-state index contributed by atoms with van der Waals surface area (Å²) in [6.45, 7) is 0. The molecular formula is C16H16O7. The van der Waals surface area contributed by atoms with Crippen molar-refractivity contribution < 1.29 is 34.8 Å². The summed E-state index contributed by atoms with van der Waals surface area (Å²) in [4.78, 5) is 22.6. The SMILES string of the molecule is O=C(C=Cc1ccc(O)cc1)O[C@@H]1[C@H](O)C=C(C(=O)O)C[C@H]1O. The summed E-state index contributed by atoms with van der Waals surface area (Å²) in [7, 11) is 0. The highest BCUT2D eigenvalue weighted by Gasteiger charge is 2.35. The van der Waals surface area contributed by atoms with Crippen LogP contribution in [0.2, 0.25) is 0 Å². The van der Waals surface area contributed by atoms with Gasteiger partial charge in [-0.1, -0.05) is 12.1 Å². The Hall–Kier alpha value is -2.64. The van der Waals surface area contributed by atoms with Crippen molar-refractivity contribution in [2.45, 2.75) is 24.7 Å². The summed E-state index contributed by atoms with van der Waals surface area (Å²) in [5.74, 6) is -1.92. The van der Waals surface area contributed by atoms with Crippen molar-refractivity contribution in [1.82, 2.24) is 0 Å². The molecule has 4 N–H and O–H groups in total. The molecule has 0 bridgehead atoms. The summed E-state index contributed by atoms with van der Waals surface area (Å²) in [6.07, 6.45) is -0.523. The molecule has 3 atom stereocenters. The molecule has 2 rings (SSSR count). The highest BCUT2D eigenvalue weighted by molar-refractivity contribution is 5.88. The van der Waals surface area contributed by atoms with Crippen LogP contribution in [-0.4, -0.2) is 50.7 Å². The lowest BCUT2D eigenvalue weighted by molar-refractivity contribution is -0.157. The van der Waals surface area contributed by atoms with Crippen molar-refractivity contribution in [2.75, 3.05) is 0 Å². The van der Waals surface area contributed by atoms with Gasteiger partial charge in [0.2, 0.25) is 0 Å². The van der Waals surface area contributed by atoms with Gasteiger partial charge < -0.3 is 25.2 Å². The predicted octanol–water partition coefficient (Wildman–Crippen LogP) is 0.454. The fourth-order valence-corrected chi connectivity index (χ4v) is 2.17. The third-order valence-electron chi connectivity index (χ3n) is 3.35. The van der Waals surface area contributed by atoms with E-state index in [1.165, 1.54) is 18.2 Å². The highest BCUT2D eigenvalue weighted by Crippen LogP contribution is 2.22. The number of carboxylic acids is 1. The molecule has 0 heterocycles. The van der Waals surface area contributed by atoms with Crippen molar-refractivity contribution in [3.8, 4) is 5.75 Å². The fraction of sp³-hybridized carbons (Fsp3) is 0.250. The van der Waals surface area contributed by atoms with Crippen LogP contribution in [0.25, 0.3) is 6.08 Å². The average molecular weight is 320 g/mol. The number of aliphatic carboxylic acids is 1. The molecule has 0 unspecified atom stereocenters. The van der Waals surface area contributed by atoms with Gasteiger partial charge in [-0.3, -0.25) is 0 Å². The Morgan fingerprint density at radius 3 is 2.39 bits per heavy atom. The van der Waals surface area contributed by atoms with Crippen LogP contribution in [0.5, 0.6) is 5.75 Å². The number of hydrogen-bond donors (Lipinski definition) is 4. The van der Waals surface area contributed by atoms with E-state index >= 15 is 0 Å². The number of aliphatic hydroxyl groups is 2. The Morgan fingerprint density at radius 1 is 1.17 bits per heavy atom. The standard InChI is InChI=1S/C16H16O7/c17-11-4-1-9(2-5-11)3-6-14(20)23-15-12(18)7-10(16(21)22)8-13(15)19/h1-7,12-13,15,17-19H,8H2,(H,21,22)/t12-,13-,15-/m1/s1. The van der Waals surface area contributed by atoms with E-state index in [1.54, 1.807) is 12.1 Å². The number of aromatic hydroxyl groups is 1. The number of carbonyl (C=O) groups excluding carboxylic acids is 1. The Bertz CT molecular complexity index is 645. The molecule has 1 aliphatic rings. The molecule has 1 aromatic rings. The molecule has 23 heavy (non-hydrogen) atoms. The van der Waals surface area contributed by atoms with E-state index in [4.69, 9.17) is 14.9 Å². The number of aliphatic hydroxyl groups excluding tert-OH is 2. The largest absolute Gasteiger partial charge is 0.508 e. The Morgan fingerprint density at radius 2 is 1.83 bits per heavy atom. The lowest BCUT2D eigenvalue weighted by Gasteiger charge is -2.29. The van der Waals surface area contributed by atoms with Crippen LogP contribution < -0.4 is 0 Å². The third-order valence-corrected chi connectivity index (χ3v) is 3.35. The van der Waals surface area contributed by atoms with E-state index in [0.29, 0.717) is 5.56 Å². The molecule has 7 nitrogen and oxygen atoms in total. The molecule has 0 aromatic heterocycles. The van der Waals surface area contributed by atoms with Gasteiger partial charge in [0, 0.05) is 18.1 Å². The normalized spacial score (nSPS) is 24.3. The van der Waals surface area contributed by atoms with Gasteiger partial charge in [0.15, 0.2) is 6.10 Å². The van der Waals surface area contributed by atoms with Gasteiger partial charge in [0.1, 0.15) is 11.9 Å². The van der Waals surface area contributed by atoms with Gasteiger partial charge in [-0.05, 0) is 29.8 Å². The van der Waals surface area contributed by atoms with Crippen LogP contribution >= 0.6 is 0 Å². The maximum atomic E-state index is 11.7. The zero-order valence-electron chi connectivity index (χ0n) is 12.0. The zero-order valence-corrected chi connectivity index (χ0v) is 12.0. The van der Waals surface area contributed by atoms with Gasteiger partial charge >= 0.3 is 11.9 Å². The van der Waals surface area contributed by atoms with Gasteiger partial charge in [0.05, 0.1) is 6.10 Å². The first-order chi connectivity index (χ1) is 10.9. The monoisotopic (exact) mass is 320 g/mol. The van der Waals surface area contributed by atoms with Gasteiger partial charge in [-0.15, -0.1) is 0 Å². The summed E-state index contributed by atoms with van der Waals surface area (Å²) in [6, 6.07) is 6.09. The second kappa shape index (κ2) is 7.08. The second-order valence-electron chi connectivity index (χ2n) is 5.09. The van der Waals surface area contributed by atoms with Crippen LogP contribution in [0, 0.1) is 0 Å². The summed E-state index contributed by atoms with van der Waals surface area (Å²) in [5, 5.41) is 37.6. The Kier molecular flexibility index (Phi) is 5.15. The summed E-state index contributed by atoms with van der Waals surface area (Å²) in [5.41, 5.74) is 0.523. The van der Waals surface area contributed by atoms with E-state index in [1.807, 2.05) is 0 Å². The molecule has 0 saturated heterocycles. The minimum atomic E-state index is -1.39. The minimum Gasteiger partial charge on any atom is -0.508 e. The van der Waals surface area contributed by atoms with Crippen molar-refractivity contribution in [1.29, 1.82) is 0 Å². The number of ether oxygens (including phenoxy) is 1. The summed E-state index contributed by atoms with van der Waals surface area (Å²) < 4.78 is 4.98. The van der Waals surface area contributed by atoms with Crippen molar-refractivity contribution in [2.24, 2.45) is 0 Å². The molecule has 1 aromatic carbocycles. The molecule has 0 amide bonds. The van der Waals surface area contributed by atoms with Crippen LogP contribution in [-0.2, 0) is 14.3 Å². The van der Waals surface area contributed by atoms with Crippen molar-refractivity contribution in [3.05, 3.63) is 47.6 Å². The number of phenolic OH excluding ortho intramolecular Hbond substituents is 1. The Labute approximate surface area is 131 Å². The highest BCUT2D eigenvalue weighted by atomic mass is 16.6. The van der Waals surface area contributed by atoms with Crippen LogP contribution in [0.4, 0.5) is 0 Å². The van der Waals surface area contributed by atoms with Gasteiger partial charge in [-0.25, -0.2) is 9.59 Å². The van der Waals surface area contributed by atoms with Gasteiger partial charge in [-0.2, -0.15) is 0 Å². The number of hydrogen-bond acceptors (Lipinski definition) is 6. The number of esters is 1. The summed E-state index contributed by atoms with van der Waals surface area (Å²) >= 11 is 0. The number of rotatable bonds is 4. The lowest BCUT2D eigenvalue weighted by Crippen LogP contribution is -2.44. The first kappa shape index (κ1) is 16.7. The quantitative estimate of drug-likeness (QED) is 0.469. The first-order valence-corrected chi connectivity index (χ1v) is 6.84. The zero-order chi connectivity index (χ0) is 17.0. The van der Waals surface area contributed by atoms with Crippen molar-refractivity contribution in [3.63, 3.8) is 0 Å². The second-order valence-corrected chi connectivity index (χ2v) is 5.09. The molecular weight excluding hydrogens is 304 g/mol. The number of phenols is 1. The molecule has 0 aliphatic heterocycles. The number of benzene rings is 1. The van der Waals surface area contributed by atoms with E-state index in [9.17, 15) is 19.8 Å². The van der Waals surface area contributed by atoms with E-state index in [-0.39, 0.29) is 17.7 Å². The van der Waals surface area contributed by atoms with Crippen molar-refractivity contribution >= 4 is 18.0 Å². The van der Waals surface area contributed by atoms with E-state index < -0.39 is 30.3 Å². The molecule has 0 fully saturated rings. The predicted molar refractivity (Wildman–Crippen MR) is 79.4 cm³/mol. The maximum Gasteiger partial charge on any atom is 0.331 e. The topological polar surface area (TPSA) is 124 Å². The molecule has 0 saturated carbocycles. The molecule has 1 aliphatic carbocycles. The molecule has 0 radical (unpaired) electrons. The molecule has 122 valence electrons. The maximum absolute atomic E-state index is 11.7. The lowest BCUT2D eigenvalue weighted by atomic mass is 9.92.